The maximum Gasteiger partial charge on any atom is 0.0825 e. The Bertz CT molecular complexity index is 585. The molecule has 1 atom stereocenters. The molecule has 1 aliphatic carbocycles. The maximum atomic E-state index is 5.82. The van der Waals surface area contributed by atoms with Crippen LogP contribution in [0.15, 0.2) is 24.4 Å². The zero-order valence-electron chi connectivity index (χ0n) is 10.8. The molecule has 4 nitrogen and oxygen atoms in total. The lowest BCUT2D eigenvalue weighted by molar-refractivity contribution is 0.755. The molecule has 1 heterocycles. The summed E-state index contributed by atoms with van der Waals surface area (Å²) in [6, 6.07) is 6.59. The van der Waals surface area contributed by atoms with Crippen LogP contribution in [0.2, 0.25) is 0 Å². The van der Waals surface area contributed by atoms with Gasteiger partial charge in [-0.3, -0.25) is 4.68 Å². The summed E-state index contributed by atoms with van der Waals surface area (Å²) >= 11 is 0. The van der Waals surface area contributed by atoms with E-state index in [1.54, 1.807) is 0 Å². The van der Waals surface area contributed by atoms with Crippen molar-refractivity contribution in [2.45, 2.75) is 25.8 Å². The molecular formula is C14H18N4. The molecule has 0 amide bonds. The predicted octanol–water partition coefficient (Wildman–Crippen LogP) is 2.41. The van der Waals surface area contributed by atoms with Crippen molar-refractivity contribution in [3.05, 3.63) is 41.2 Å². The van der Waals surface area contributed by atoms with Crippen molar-refractivity contribution in [1.82, 2.24) is 9.78 Å². The first-order valence-corrected chi connectivity index (χ1v) is 6.28. The van der Waals surface area contributed by atoms with Gasteiger partial charge in [-0.2, -0.15) is 5.10 Å². The van der Waals surface area contributed by atoms with Gasteiger partial charge in [0.15, 0.2) is 0 Å². The summed E-state index contributed by atoms with van der Waals surface area (Å²) < 4.78 is 1.84. The van der Waals surface area contributed by atoms with E-state index in [1.165, 1.54) is 11.1 Å². The number of hydrogen-bond acceptors (Lipinski definition) is 3. The topological polar surface area (TPSA) is 55.9 Å². The number of nitrogens with zero attached hydrogens (tertiary/aromatic N) is 2. The molecular weight excluding hydrogens is 224 g/mol. The van der Waals surface area contributed by atoms with Crippen LogP contribution < -0.4 is 11.1 Å². The lowest BCUT2D eigenvalue weighted by Crippen LogP contribution is -2.07. The molecule has 0 aliphatic heterocycles. The highest BCUT2D eigenvalue weighted by Crippen LogP contribution is 2.35. The summed E-state index contributed by atoms with van der Waals surface area (Å²) in [5, 5.41) is 7.94. The first kappa shape index (κ1) is 11.1. The molecule has 1 aliphatic rings. The van der Waals surface area contributed by atoms with Gasteiger partial charge in [-0.05, 0) is 43.0 Å². The molecule has 3 N–H and O–H groups in total. The average Bonchev–Trinajstić information content (AvgIpc) is 2.84. The molecule has 0 radical (unpaired) electrons. The summed E-state index contributed by atoms with van der Waals surface area (Å²) in [4.78, 5) is 0. The van der Waals surface area contributed by atoms with Crippen LogP contribution in [-0.4, -0.2) is 9.78 Å². The molecule has 0 fully saturated rings. The van der Waals surface area contributed by atoms with Gasteiger partial charge in [0.25, 0.3) is 0 Å². The summed E-state index contributed by atoms with van der Waals surface area (Å²) in [5.74, 6) is 0. The Kier molecular flexibility index (Phi) is 2.51. The highest BCUT2D eigenvalue weighted by Gasteiger charge is 2.23. The zero-order chi connectivity index (χ0) is 12.7. The minimum atomic E-state index is 0.378. The largest absolute Gasteiger partial charge is 0.399 e. The van der Waals surface area contributed by atoms with E-state index in [4.69, 9.17) is 5.73 Å². The van der Waals surface area contributed by atoms with E-state index in [-0.39, 0.29) is 0 Å². The first-order valence-electron chi connectivity index (χ1n) is 6.28. The monoisotopic (exact) mass is 242 g/mol. The van der Waals surface area contributed by atoms with Crippen LogP contribution in [0.1, 0.15) is 29.3 Å². The molecule has 1 aromatic carbocycles. The Morgan fingerprint density at radius 1 is 1.44 bits per heavy atom. The molecule has 0 spiro atoms. The van der Waals surface area contributed by atoms with Gasteiger partial charge in [-0.1, -0.05) is 6.07 Å². The van der Waals surface area contributed by atoms with E-state index >= 15 is 0 Å². The number of nitrogens with two attached hydrogens (primary N) is 1. The number of aryl methyl sites for hydroxylation is 3. The second-order valence-corrected chi connectivity index (χ2v) is 5.00. The first-order chi connectivity index (χ1) is 8.63. The van der Waals surface area contributed by atoms with Crippen LogP contribution in [0, 0.1) is 6.92 Å². The minimum absolute atomic E-state index is 0.378. The normalized spacial score (nSPS) is 17.8. The van der Waals surface area contributed by atoms with Crippen molar-refractivity contribution in [3.63, 3.8) is 0 Å². The van der Waals surface area contributed by atoms with Crippen LogP contribution in [0.3, 0.4) is 0 Å². The van der Waals surface area contributed by atoms with E-state index in [9.17, 15) is 0 Å². The van der Waals surface area contributed by atoms with Gasteiger partial charge < -0.3 is 11.1 Å². The number of benzene rings is 1. The van der Waals surface area contributed by atoms with Crippen LogP contribution in [0.25, 0.3) is 0 Å². The Labute approximate surface area is 107 Å². The molecule has 18 heavy (non-hydrogen) atoms. The summed E-state index contributed by atoms with van der Waals surface area (Å²) in [5.41, 5.74) is 11.6. The zero-order valence-corrected chi connectivity index (χ0v) is 10.8. The number of hydrogen-bond donors (Lipinski definition) is 2. The summed E-state index contributed by atoms with van der Waals surface area (Å²) in [6.07, 6.45) is 4.25. The molecule has 94 valence electrons. The van der Waals surface area contributed by atoms with Gasteiger partial charge in [0.05, 0.1) is 17.4 Å². The molecule has 0 bridgehead atoms. The molecule has 4 heteroatoms. The van der Waals surface area contributed by atoms with Gasteiger partial charge in [0.2, 0.25) is 0 Å². The Morgan fingerprint density at radius 2 is 2.28 bits per heavy atom. The molecule has 1 unspecified atom stereocenters. The number of nitrogen functional groups attached to an aromatic ring is 1. The van der Waals surface area contributed by atoms with Crippen LogP contribution in [0.4, 0.5) is 11.4 Å². The molecule has 1 aromatic heterocycles. The van der Waals surface area contributed by atoms with Gasteiger partial charge in [0, 0.05) is 18.9 Å². The van der Waals surface area contributed by atoms with Gasteiger partial charge in [-0.25, -0.2) is 0 Å². The minimum Gasteiger partial charge on any atom is -0.399 e. The second-order valence-electron chi connectivity index (χ2n) is 5.00. The lowest BCUT2D eigenvalue weighted by Gasteiger charge is -2.14. The third kappa shape index (κ3) is 1.83. The van der Waals surface area contributed by atoms with Gasteiger partial charge in [-0.15, -0.1) is 0 Å². The highest BCUT2D eigenvalue weighted by atomic mass is 15.3. The molecule has 0 saturated heterocycles. The predicted molar refractivity (Wildman–Crippen MR) is 73.5 cm³/mol. The van der Waals surface area contributed by atoms with Crippen molar-refractivity contribution in [2.24, 2.45) is 7.05 Å². The number of fused-ring (bicyclic) bond motifs is 1. The van der Waals surface area contributed by atoms with E-state index in [0.717, 1.165) is 29.9 Å². The fourth-order valence-electron chi connectivity index (χ4n) is 2.72. The third-order valence-corrected chi connectivity index (χ3v) is 3.59. The van der Waals surface area contributed by atoms with Crippen LogP contribution >= 0.6 is 0 Å². The standard InChI is InChI=1S/C14H18N4/c1-9-14(8-18(2)17-9)16-13-6-3-10-7-11(15)4-5-12(10)13/h4-5,7-8,13,16H,3,6,15H2,1-2H3. The van der Waals surface area contributed by atoms with Crippen molar-refractivity contribution < 1.29 is 0 Å². The third-order valence-electron chi connectivity index (χ3n) is 3.59. The van der Waals surface area contributed by atoms with E-state index in [1.807, 2.05) is 30.9 Å². The number of anilines is 2. The average molecular weight is 242 g/mol. The Balaban J connectivity index is 1.87. The van der Waals surface area contributed by atoms with E-state index < -0.39 is 0 Å². The molecule has 2 aromatic rings. The summed E-state index contributed by atoms with van der Waals surface area (Å²) in [6.45, 7) is 2.03. The van der Waals surface area contributed by atoms with Gasteiger partial charge >= 0.3 is 0 Å². The molecule has 3 rings (SSSR count). The fourth-order valence-corrected chi connectivity index (χ4v) is 2.72. The van der Waals surface area contributed by atoms with E-state index in [0.29, 0.717) is 6.04 Å². The second kappa shape index (κ2) is 4.05. The van der Waals surface area contributed by atoms with Crippen molar-refractivity contribution in [3.8, 4) is 0 Å². The van der Waals surface area contributed by atoms with Crippen molar-refractivity contribution in [2.75, 3.05) is 11.1 Å². The Morgan fingerprint density at radius 3 is 3.00 bits per heavy atom. The molecule has 0 saturated carbocycles. The number of nitrogens with one attached hydrogen (secondary N) is 1. The highest BCUT2D eigenvalue weighted by molar-refractivity contribution is 5.53. The SMILES string of the molecule is Cc1nn(C)cc1NC1CCc2cc(N)ccc21. The maximum absolute atomic E-state index is 5.82. The van der Waals surface area contributed by atoms with Crippen LogP contribution in [0.5, 0.6) is 0 Å². The van der Waals surface area contributed by atoms with Gasteiger partial charge in [0.1, 0.15) is 0 Å². The lowest BCUT2D eigenvalue weighted by atomic mass is 10.1. The quantitative estimate of drug-likeness (QED) is 0.795. The number of aromatic nitrogens is 2. The smallest absolute Gasteiger partial charge is 0.0825 e. The van der Waals surface area contributed by atoms with E-state index in [2.05, 4.69) is 22.5 Å². The number of rotatable bonds is 2. The summed E-state index contributed by atoms with van der Waals surface area (Å²) in [7, 11) is 1.95. The van der Waals surface area contributed by atoms with Crippen molar-refractivity contribution in [1.29, 1.82) is 0 Å². The van der Waals surface area contributed by atoms with Crippen LogP contribution in [-0.2, 0) is 13.5 Å². The fraction of sp³-hybridized carbons (Fsp3) is 0.357. The van der Waals surface area contributed by atoms with Crippen molar-refractivity contribution >= 4 is 11.4 Å². The Hall–Kier alpha value is -1.97.